The highest BCUT2D eigenvalue weighted by Crippen LogP contribution is 2.36. The van der Waals surface area contributed by atoms with E-state index < -0.39 is 70.2 Å². The summed E-state index contributed by atoms with van der Waals surface area (Å²) in [6.07, 6.45) is 9.00. The van der Waals surface area contributed by atoms with Crippen molar-refractivity contribution in [3.63, 3.8) is 0 Å². The van der Waals surface area contributed by atoms with Gasteiger partial charge in [0.25, 0.3) is 0 Å². The van der Waals surface area contributed by atoms with Gasteiger partial charge in [0.2, 0.25) is 17.8 Å². The zero-order valence-corrected chi connectivity index (χ0v) is 73.5. The molecule has 6 atom stereocenters. The van der Waals surface area contributed by atoms with Crippen LogP contribution < -0.4 is 47.9 Å². The normalized spacial score (nSPS) is 17.5. The topological polar surface area (TPSA) is 436 Å². The number of aromatic nitrogens is 12. The molecule has 12 aromatic rings. The number of benzene rings is 3. The van der Waals surface area contributed by atoms with Crippen LogP contribution in [0.1, 0.15) is 199 Å². The molecule has 0 unspecified atom stereocenters. The van der Waals surface area contributed by atoms with Gasteiger partial charge >= 0.3 is 36.6 Å². The lowest BCUT2D eigenvalue weighted by Crippen LogP contribution is -2.38. The highest BCUT2D eigenvalue weighted by molar-refractivity contribution is 5.96. The molecule has 3 saturated carbocycles. The molecule has 0 radical (unpaired) electrons. The van der Waals surface area contributed by atoms with Crippen molar-refractivity contribution in [1.29, 1.82) is 0 Å². The number of anilines is 9. The number of furan rings is 3. The van der Waals surface area contributed by atoms with Crippen LogP contribution in [0.2, 0.25) is 0 Å². The maximum Gasteiger partial charge on any atom is 0.435 e. The number of hydrogen-bond acceptors (Lipinski definition) is 30. The molecule has 9 N–H and O–H groups in total. The Hall–Kier alpha value is -13.1. The fourth-order valence-electron chi connectivity index (χ4n) is 14.6. The number of carbonyl (C=O) groups excluding carboxylic acids is 6. The third-order valence-corrected chi connectivity index (χ3v) is 19.5. The fraction of sp³-hybridized carbons (Fsp3) is 0.483. The number of nitrogens with one attached hydrogen (secondary N) is 9. The quantitative estimate of drug-likeness (QED) is 0.0430. The standard InChI is InChI=1S/3C29H37N7O5/c3*1-16-20-11-10-19(15-22(20)36(35-16)27(38)41-29(5,6)7)31-25-33-21-12-13-39-23(21)24(34-25)30-17-8-9-18(14-17)32-26(37)40-28(2,3)4/h3*10-13,15,17-18H,8-9,14H2,1-7H3,(H,32,37)(H2,30,31,33,34)/t3*17-,18+/m110/s1. The number of aryl methyl sites for hydroxylation is 3. The lowest BCUT2D eigenvalue weighted by Gasteiger charge is -2.22. The highest BCUT2D eigenvalue weighted by Gasteiger charge is 2.34. The van der Waals surface area contributed by atoms with Crippen LogP contribution >= 0.6 is 0 Å². The Morgan fingerprint density at radius 1 is 0.333 bits per heavy atom. The van der Waals surface area contributed by atoms with Crippen LogP contribution in [0, 0.1) is 20.8 Å². The van der Waals surface area contributed by atoms with Crippen molar-refractivity contribution in [2.75, 3.05) is 31.9 Å². The first-order valence-electron chi connectivity index (χ1n) is 41.3. The second kappa shape index (κ2) is 34.8. The van der Waals surface area contributed by atoms with E-state index in [0.29, 0.717) is 102 Å². The number of rotatable bonds is 15. The van der Waals surface area contributed by atoms with E-state index in [9.17, 15) is 28.8 Å². The van der Waals surface area contributed by atoms with E-state index in [1.807, 2.05) is 200 Å². The minimum Gasteiger partial charge on any atom is -0.459 e. The van der Waals surface area contributed by atoms with Gasteiger partial charge in [0.05, 0.1) is 52.4 Å². The zero-order valence-electron chi connectivity index (χ0n) is 73.5. The van der Waals surface area contributed by atoms with Crippen molar-refractivity contribution < 1.29 is 70.4 Å². The summed E-state index contributed by atoms with van der Waals surface area (Å²) in [6, 6.07) is 22.4. The Morgan fingerprint density at radius 3 is 0.821 bits per heavy atom. The van der Waals surface area contributed by atoms with Crippen LogP contribution in [0.15, 0.2) is 105 Å². The molecule has 3 aliphatic carbocycles. The van der Waals surface area contributed by atoms with Crippen molar-refractivity contribution in [2.45, 2.75) is 273 Å². The third kappa shape index (κ3) is 23.0. The van der Waals surface area contributed by atoms with Crippen molar-refractivity contribution in [3.8, 4) is 0 Å². The highest BCUT2D eigenvalue weighted by atomic mass is 16.6. The van der Waals surface area contributed by atoms with Crippen molar-refractivity contribution in [2.24, 2.45) is 0 Å². The van der Waals surface area contributed by atoms with Crippen LogP contribution in [-0.2, 0) is 28.4 Å². The molecule has 9 heterocycles. The van der Waals surface area contributed by atoms with Crippen LogP contribution in [0.5, 0.6) is 0 Å². The van der Waals surface area contributed by atoms with E-state index in [0.717, 1.165) is 91.0 Å². The van der Waals surface area contributed by atoms with Gasteiger partial charge in [-0.05, 0) is 258 Å². The molecule has 3 aromatic carbocycles. The average molecular weight is 1690 g/mol. The minimum absolute atomic E-state index is 0.00103. The molecule has 36 nitrogen and oxygen atoms in total. The predicted molar refractivity (Wildman–Crippen MR) is 467 cm³/mol. The van der Waals surface area contributed by atoms with Gasteiger partial charge in [0.1, 0.15) is 50.2 Å². The molecule has 0 bridgehead atoms. The van der Waals surface area contributed by atoms with E-state index in [4.69, 9.17) is 56.6 Å². The van der Waals surface area contributed by atoms with Crippen LogP contribution in [-0.4, -0.2) is 166 Å². The number of alkyl carbamates (subject to hydrolysis) is 3. The van der Waals surface area contributed by atoms with Crippen molar-refractivity contribution in [3.05, 3.63) is 109 Å². The maximum absolute atomic E-state index is 12.8. The molecule has 9 aromatic heterocycles. The summed E-state index contributed by atoms with van der Waals surface area (Å²) in [7, 11) is 0. The van der Waals surface area contributed by atoms with Gasteiger partial charge in [-0.25, -0.2) is 43.7 Å². The first-order chi connectivity index (χ1) is 57.7. The minimum atomic E-state index is -0.651. The Balaban J connectivity index is 0.000000159. The summed E-state index contributed by atoms with van der Waals surface area (Å²) >= 11 is 0. The maximum atomic E-state index is 12.8. The fourth-order valence-corrected chi connectivity index (χ4v) is 14.6. The number of amides is 3. The molecular weight excluding hydrogens is 1580 g/mol. The number of hydrogen-bond donors (Lipinski definition) is 9. The van der Waals surface area contributed by atoms with Crippen LogP contribution in [0.4, 0.5) is 81.1 Å². The van der Waals surface area contributed by atoms with Gasteiger partial charge < -0.3 is 89.5 Å². The Morgan fingerprint density at radius 2 is 0.577 bits per heavy atom. The number of fused-ring (bicyclic) bond motifs is 6. The summed E-state index contributed by atoms with van der Waals surface area (Å²) in [5.41, 5.74) is 6.00. The summed E-state index contributed by atoms with van der Waals surface area (Å²) in [4.78, 5) is 103. The summed E-state index contributed by atoms with van der Waals surface area (Å²) in [6.45, 7) is 38.5. The van der Waals surface area contributed by atoms with Gasteiger partial charge in [-0.1, -0.05) is 0 Å². The molecule has 654 valence electrons. The van der Waals surface area contributed by atoms with E-state index in [2.05, 4.69) is 78.1 Å². The van der Waals surface area contributed by atoms with Gasteiger partial charge in [-0.15, -0.1) is 0 Å². The molecule has 3 aliphatic rings. The predicted octanol–water partition coefficient (Wildman–Crippen LogP) is 18.8. The molecule has 123 heavy (non-hydrogen) atoms. The Labute approximate surface area is 710 Å². The van der Waals surface area contributed by atoms with Crippen LogP contribution in [0.3, 0.4) is 0 Å². The number of ether oxygens (including phenoxy) is 6. The molecule has 3 amide bonds. The zero-order chi connectivity index (χ0) is 88.6. The van der Waals surface area contributed by atoms with Gasteiger partial charge in [0.15, 0.2) is 34.2 Å². The van der Waals surface area contributed by atoms with Gasteiger partial charge in [0, 0.05) is 87.7 Å². The van der Waals surface area contributed by atoms with Crippen molar-refractivity contribution in [1.82, 2.24) is 75.2 Å². The molecule has 0 aliphatic heterocycles. The monoisotopic (exact) mass is 1690 g/mol. The van der Waals surface area contributed by atoms with E-state index in [1.165, 1.54) is 14.0 Å². The first kappa shape index (κ1) is 87.8. The summed E-state index contributed by atoms with van der Waals surface area (Å²) in [5.74, 6) is 2.76. The van der Waals surface area contributed by atoms with Gasteiger partial charge in [-0.3, -0.25) is 0 Å². The second-order valence-electron chi connectivity index (χ2n) is 37.1. The lowest BCUT2D eigenvalue weighted by atomic mass is 10.2. The Bertz CT molecular complexity index is 5350. The largest absolute Gasteiger partial charge is 0.459 e. The molecular formula is C87H111N21O15. The summed E-state index contributed by atoms with van der Waals surface area (Å²) < 4.78 is 53.7. The molecule has 36 heteroatoms. The summed E-state index contributed by atoms with van der Waals surface area (Å²) in [5, 5.41) is 44.8. The molecule has 0 spiro atoms. The third-order valence-electron chi connectivity index (χ3n) is 19.5. The number of nitrogens with zero attached hydrogens (tertiary/aromatic N) is 12. The van der Waals surface area contributed by atoms with Gasteiger partial charge in [-0.2, -0.15) is 44.3 Å². The Kier molecular flexibility index (Phi) is 24.8. The van der Waals surface area contributed by atoms with Crippen LogP contribution in [0.25, 0.3) is 66.0 Å². The van der Waals surface area contributed by atoms with E-state index in [-0.39, 0.29) is 36.3 Å². The first-order valence-corrected chi connectivity index (χ1v) is 41.3. The van der Waals surface area contributed by atoms with E-state index >= 15 is 0 Å². The molecule has 0 saturated heterocycles. The van der Waals surface area contributed by atoms with Crippen molar-refractivity contribution >= 4 is 155 Å². The average Bonchev–Trinajstić information content (AvgIpc) is 1.65. The molecule has 3 fully saturated rings. The smallest absolute Gasteiger partial charge is 0.435 e. The SMILES string of the molecule is Cc1nn(C(=O)OC(C)(C)C)c2cc(Nc3nc(N[C@@H]4CC[C@H](NC(=O)OC(C)(C)C)C4)c4occc4n3)ccc12.Cc1nn(C(=O)OC(C)(C)C)c2cc(Nc3nc(N[C@@H]4CC[C@H](NC(=O)OC(C)(C)C)C4)c4occc4n3)ccc12.Cc1nn(C(=O)OC(C)(C)C)c2cc(Nc3nc(N[C@H]4CC[C@@H](NC(=O)OC(C)(C)C)C4)c4occc4n3)ccc12. The van der Waals surface area contributed by atoms with E-state index in [1.54, 1.807) is 37.0 Å². The lowest BCUT2D eigenvalue weighted by molar-refractivity contribution is 0.0493. The molecule has 15 rings (SSSR count). The number of carbonyl (C=O) groups is 6. The second-order valence-corrected chi connectivity index (χ2v) is 37.1.